The second-order valence-corrected chi connectivity index (χ2v) is 7.15. The molecule has 138 valence electrons. The Balaban J connectivity index is 2.03. The standard InChI is InChI=1S/C17H31N3O4/c1-17(2,3)24-16(23)20-10-9-14(21)18-11-12-19-15(22)13-7-5-4-6-8-13/h13H,4-12H2,1-3H3,(H,18,21)(H,19,22)(H,20,23). The van der Waals surface area contributed by atoms with Gasteiger partial charge in [-0.15, -0.1) is 0 Å². The van der Waals surface area contributed by atoms with E-state index in [9.17, 15) is 14.4 Å². The molecule has 0 saturated heterocycles. The molecule has 0 heterocycles. The molecule has 1 fully saturated rings. The predicted molar refractivity (Wildman–Crippen MR) is 91.4 cm³/mol. The van der Waals surface area contributed by atoms with Crippen molar-refractivity contribution in [3.05, 3.63) is 0 Å². The Morgan fingerprint density at radius 2 is 1.54 bits per heavy atom. The number of amides is 3. The van der Waals surface area contributed by atoms with Gasteiger partial charge in [-0.1, -0.05) is 19.3 Å². The van der Waals surface area contributed by atoms with Crippen molar-refractivity contribution in [2.45, 2.75) is 64.9 Å². The van der Waals surface area contributed by atoms with Crippen LogP contribution in [0.15, 0.2) is 0 Å². The van der Waals surface area contributed by atoms with Gasteiger partial charge in [0.05, 0.1) is 0 Å². The maximum Gasteiger partial charge on any atom is 0.407 e. The molecule has 24 heavy (non-hydrogen) atoms. The molecule has 7 nitrogen and oxygen atoms in total. The Morgan fingerprint density at radius 1 is 0.917 bits per heavy atom. The van der Waals surface area contributed by atoms with Crippen molar-refractivity contribution in [2.24, 2.45) is 5.92 Å². The van der Waals surface area contributed by atoms with Crippen LogP contribution in [0.2, 0.25) is 0 Å². The van der Waals surface area contributed by atoms with Gasteiger partial charge in [-0.05, 0) is 33.6 Å². The second kappa shape index (κ2) is 10.2. The van der Waals surface area contributed by atoms with Crippen molar-refractivity contribution in [1.29, 1.82) is 0 Å². The molecule has 3 amide bonds. The molecule has 0 spiro atoms. The van der Waals surface area contributed by atoms with Gasteiger partial charge in [0.25, 0.3) is 0 Å². The monoisotopic (exact) mass is 341 g/mol. The molecular weight excluding hydrogens is 310 g/mol. The topological polar surface area (TPSA) is 96.5 Å². The molecule has 0 bridgehead atoms. The van der Waals surface area contributed by atoms with Crippen LogP contribution >= 0.6 is 0 Å². The van der Waals surface area contributed by atoms with Crippen molar-refractivity contribution in [1.82, 2.24) is 16.0 Å². The lowest BCUT2D eigenvalue weighted by Gasteiger charge is -2.20. The number of carbonyl (C=O) groups is 3. The molecule has 0 aromatic rings. The molecule has 0 radical (unpaired) electrons. The van der Waals surface area contributed by atoms with Gasteiger partial charge in [0.1, 0.15) is 5.60 Å². The van der Waals surface area contributed by atoms with E-state index in [1.54, 1.807) is 20.8 Å². The highest BCUT2D eigenvalue weighted by atomic mass is 16.6. The summed E-state index contributed by atoms with van der Waals surface area (Å²) < 4.78 is 5.07. The molecule has 3 N–H and O–H groups in total. The fraction of sp³-hybridized carbons (Fsp3) is 0.824. The van der Waals surface area contributed by atoms with Crippen molar-refractivity contribution >= 4 is 17.9 Å². The van der Waals surface area contributed by atoms with Crippen molar-refractivity contribution in [2.75, 3.05) is 19.6 Å². The van der Waals surface area contributed by atoms with Gasteiger partial charge >= 0.3 is 6.09 Å². The maximum atomic E-state index is 11.9. The number of ether oxygens (including phenoxy) is 1. The summed E-state index contributed by atoms with van der Waals surface area (Å²) in [6.07, 6.45) is 5.05. The van der Waals surface area contributed by atoms with E-state index in [0.717, 1.165) is 25.7 Å². The van der Waals surface area contributed by atoms with Crippen LogP contribution in [0.1, 0.15) is 59.3 Å². The second-order valence-electron chi connectivity index (χ2n) is 7.15. The van der Waals surface area contributed by atoms with Crippen LogP contribution in [0.25, 0.3) is 0 Å². The first-order valence-electron chi connectivity index (χ1n) is 8.79. The van der Waals surface area contributed by atoms with Gasteiger partial charge in [-0.3, -0.25) is 9.59 Å². The lowest BCUT2D eigenvalue weighted by atomic mass is 9.89. The maximum absolute atomic E-state index is 11.9. The largest absolute Gasteiger partial charge is 0.444 e. The lowest BCUT2D eigenvalue weighted by Crippen LogP contribution is -2.39. The minimum atomic E-state index is -0.553. The number of nitrogens with one attached hydrogen (secondary N) is 3. The number of hydrogen-bond donors (Lipinski definition) is 3. The smallest absolute Gasteiger partial charge is 0.407 e. The zero-order valence-corrected chi connectivity index (χ0v) is 15.1. The highest BCUT2D eigenvalue weighted by Crippen LogP contribution is 2.23. The highest BCUT2D eigenvalue weighted by molar-refractivity contribution is 5.79. The average Bonchev–Trinajstić information content (AvgIpc) is 2.50. The number of hydrogen-bond acceptors (Lipinski definition) is 4. The molecular formula is C17H31N3O4. The van der Waals surface area contributed by atoms with Gasteiger partial charge in [0.2, 0.25) is 11.8 Å². The lowest BCUT2D eigenvalue weighted by molar-refractivity contribution is -0.126. The first kappa shape index (κ1) is 20.3. The molecule has 1 aliphatic carbocycles. The van der Waals surface area contributed by atoms with E-state index in [0.29, 0.717) is 13.1 Å². The Morgan fingerprint density at radius 3 is 2.17 bits per heavy atom. The molecule has 7 heteroatoms. The van der Waals surface area contributed by atoms with Crippen LogP contribution in [0.5, 0.6) is 0 Å². The molecule has 1 rings (SSSR count). The summed E-state index contributed by atoms with van der Waals surface area (Å²) in [5, 5.41) is 8.11. The van der Waals surface area contributed by atoms with Crippen molar-refractivity contribution in [3.63, 3.8) is 0 Å². The van der Waals surface area contributed by atoms with Gasteiger partial charge in [-0.2, -0.15) is 0 Å². The fourth-order valence-electron chi connectivity index (χ4n) is 2.58. The minimum absolute atomic E-state index is 0.0931. The van der Waals surface area contributed by atoms with E-state index >= 15 is 0 Å². The Hall–Kier alpha value is -1.79. The third kappa shape index (κ3) is 9.37. The minimum Gasteiger partial charge on any atom is -0.444 e. The summed E-state index contributed by atoms with van der Waals surface area (Å²) in [4.78, 5) is 35.0. The van der Waals surface area contributed by atoms with E-state index in [1.807, 2.05) is 0 Å². The summed E-state index contributed by atoms with van der Waals surface area (Å²) in [7, 11) is 0. The molecule has 1 saturated carbocycles. The normalized spacial score (nSPS) is 15.5. The zero-order valence-electron chi connectivity index (χ0n) is 15.1. The predicted octanol–water partition coefficient (Wildman–Crippen LogP) is 1.71. The first-order chi connectivity index (χ1) is 11.3. The third-order valence-corrected chi connectivity index (χ3v) is 3.74. The van der Waals surface area contributed by atoms with E-state index in [1.165, 1.54) is 6.42 Å². The summed E-state index contributed by atoms with van der Waals surface area (Å²) in [6, 6.07) is 0. The average molecular weight is 341 g/mol. The van der Waals surface area contributed by atoms with Crippen molar-refractivity contribution < 1.29 is 19.1 Å². The fourth-order valence-corrected chi connectivity index (χ4v) is 2.58. The van der Waals surface area contributed by atoms with Gasteiger partial charge in [0, 0.05) is 32.0 Å². The van der Waals surface area contributed by atoms with Crippen LogP contribution in [0, 0.1) is 5.92 Å². The number of alkyl carbamates (subject to hydrolysis) is 1. The van der Waals surface area contributed by atoms with Gasteiger partial charge in [0.15, 0.2) is 0 Å². The molecule has 0 unspecified atom stereocenters. The SMILES string of the molecule is CC(C)(C)OC(=O)NCCC(=O)NCCNC(=O)C1CCCCC1. The summed E-state index contributed by atoms with van der Waals surface area (Å²) in [6.45, 7) is 6.38. The molecule has 0 aromatic heterocycles. The quantitative estimate of drug-likeness (QED) is 0.614. The van der Waals surface area contributed by atoms with Crippen LogP contribution < -0.4 is 16.0 Å². The van der Waals surface area contributed by atoms with Crippen LogP contribution in [0.4, 0.5) is 4.79 Å². The van der Waals surface area contributed by atoms with E-state index in [-0.39, 0.29) is 30.7 Å². The molecule has 0 aromatic carbocycles. The van der Waals surface area contributed by atoms with E-state index < -0.39 is 11.7 Å². The molecule has 1 aliphatic rings. The first-order valence-corrected chi connectivity index (χ1v) is 8.79. The Labute approximate surface area is 144 Å². The van der Waals surface area contributed by atoms with Crippen molar-refractivity contribution in [3.8, 4) is 0 Å². The summed E-state index contributed by atoms with van der Waals surface area (Å²) in [5.41, 5.74) is -0.553. The zero-order chi connectivity index (χ0) is 18.0. The Bertz CT molecular complexity index is 426. The third-order valence-electron chi connectivity index (χ3n) is 3.74. The molecule has 0 atom stereocenters. The van der Waals surface area contributed by atoms with Crippen LogP contribution in [0.3, 0.4) is 0 Å². The van der Waals surface area contributed by atoms with Gasteiger partial charge < -0.3 is 20.7 Å². The van der Waals surface area contributed by atoms with Gasteiger partial charge in [-0.25, -0.2) is 4.79 Å². The molecule has 0 aliphatic heterocycles. The number of rotatable bonds is 7. The number of carbonyl (C=O) groups excluding carboxylic acids is 3. The van der Waals surface area contributed by atoms with Crippen LogP contribution in [-0.2, 0) is 14.3 Å². The summed E-state index contributed by atoms with van der Waals surface area (Å²) >= 11 is 0. The Kier molecular flexibility index (Phi) is 8.57. The van der Waals surface area contributed by atoms with E-state index in [2.05, 4.69) is 16.0 Å². The van der Waals surface area contributed by atoms with E-state index in [4.69, 9.17) is 4.74 Å². The highest BCUT2D eigenvalue weighted by Gasteiger charge is 2.20. The van der Waals surface area contributed by atoms with Crippen LogP contribution in [-0.4, -0.2) is 43.1 Å². The summed E-state index contributed by atoms with van der Waals surface area (Å²) in [5.74, 6) is 0.0565.